The topological polar surface area (TPSA) is 78.3 Å². The number of nitrogens with two attached hydrogens (primary N) is 2. The summed E-state index contributed by atoms with van der Waals surface area (Å²) in [7, 11) is 0. The Balaban J connectivity index is 3.05. The molecule has 0 radical (unpaired) electrons. The van der Waals surface area contributed by atoms with Crippen LogP contribution in [0, 0.1) is 11.3 Å². The maximum atomic E-state index is 12.4. The first-order valence-electron chi connectivity index (χ1n) is 7.15. The van der Waals surface area contributed by atoms with E-state index in [1.54, 1.807) is 0 Å². The van der Waals surface area contributed by atoms with E-state index >= 15 is 0 Å². The van der Waals surface area contributed by atoms with E-state index in [-0.39, 0.29) is 12.5 Å². The van der Waals surface area contributed by atoms with E-state index in [2.05, 4.69) is 13.8 Å². The molecule has 0 aromatic heterocycles. The number of carbonyl (C=O) groups is 1. The minimum Gasteiger partial charge on any atom is -0.466 e. The van der Waals surface area contributed by atoms with E-state index in [0.29, 0.717) is 31.1 Å². The Morgan fingerprint density at radius 1 is 1.40 bits per heavy atom. The molecular weight excluding hydrogens is 252 g/mol. The summed E-state index contributed by atoms with van der Waals surface area (Å²) in [6.45, 7) is 6.63. The van der Waals surface area contributed by atoms with Gasteiger partial charge >= 0.3 is 5.97 Å². The van der Waals surface area contributed by atoms with Crippen LogP contribution >= 0.6 is 0 Å². The molecule has 1 unspecified atom stereocenters. The first kappa shape index (κ1) is 16.5. The van der Waals surface area contributed by atoms with Gasteiger partial charge in [0.2, 0.25) is 0 Å². The molecule has 1 atom stereocenters. The second-order valence-electron chi connectivity index (χ2n) is 5.72. The molecule has 0 saturated carbocycles. The van der Waals surface area contributed by atoms with E-state index in [0.717, 1.165) is 5.56 Å². The normalized spacial score (nSPS) is 14.1. The van der Waals surface area contributed by atoms with Crippen LogP contribution in [0.25, 0.3) is 0 Å². The van der Waals surface area contributed by atoms with Crippen molar-refractivity contribution in [3.8, 4) is 0 Å². The molecule has 0 amide bonds. The van der Waals surface area contributed by atoms with Crippen LogP contribution in [0.15, 0.2) is 24.3 Å². The first-order valence-corrected chi connectivity index (χ1v) is 7.15. The number of anilines is 1. The Morgan fingerprint density at radius 2 is 2.10 bits per heavy atom. The maximum Gasteiger partial charge on any atom is 0.313 e. The number of esters is 1. The molecule has 4 heteroatoms. The van der Waals surface area contributed by atoms with E-state index in [1.807, 2.05) is 31.2 Å². The monoisotopic (exact) mass is 278 g/mol. The second-order valence-corrected chi connectivity index (χ2v) is 5.72. The molecule has 4 nitrogen and oxygen atoms in total. The molecular formula is C16H26N2O2. The summed E-state index contributed by atoms with van der Waals surface area (Å²) >= 11 is 0. The van der Waals surface area contributed by atoms with Crippen LogP contribution in [-0.4, -0.2) is 19.1 Å². The summed E-state index contributed by atoms with van der Waals surface area (Å²) in [4.78, 5) is 12.4. The van der Waals surface area contributed by atoms with Crippen molar-refractivity contribution in [1.82, 2.24) is 0 Å². The summed E-state index contributed by atoms with van der Waals surface area (Å²) in [5.41, 5.74) is 12.8. The Kier molecular flexibility index (Phi) is 6.02. The quantitative estimate of drug-likeness (QED) is 0.593. The molecule has 0 saturated heterocycles. The van der Waals surface area contributed by atoms with Crippen LogP contribution in [-0.2, 0) is 16.0 Å². The number of rotatable bonds is 7. The van der Waals surface area contributed by atoms with Crippen molar-refractivity contribution in [2.24, 2.45) is 17.1 Å². The van der Waals surface area contributed by atoms with Gasteiger partial charge < -0.3 is 16.2 Å². The van der Waals surface area contributed by atoms with E-state index in [9.17, 15) is 4.79 Å². The van der Waals surface area contributed by atoms with E-state index in [1.165, 1.54) is 0 Å². The molecule has 0 aliphatic rings. The Labute approximate surface area is 121 Å². The number of ether oxygens (including phenoxy) is 1. The zero-order valence-corrected chi connectivity index (χ0v) is 12.7. The number of hydrogen-bond donors (Lipinski definition) is 2. The maximum absolute atomic E-state index is 12.4. The highest BCUT2D eigenvalue weighted by Gasteiger charge is 2.39. The van der Waals surface area contributed by atoms with Crippen molar-refractivity contribution in [2.45, 2.75) is 33.6 Å². The highest BCUT2D eigenvalue weighted by Crippen LogP contribution is 2.32. The minimum absolute atomic E-state index is 0.210. The average molecular weight is 278 g/mol. The molecule has 0 spiro atoms. The van der Waals surface area contributed by atoms with Gasteiger partial charge in [-0.05, 0) is 43.4 Å². The number of hydrogen-bond acceptors (Lipinski definition) is 4. The molecule has 0 heterocycles. The Hall–Kier alpha value is -1.55. The molecule has 4 N–H and O–H groups in total. The lowest BCUT2D eigenvalue weighted by atomic mass is 9.75. The number of nitrogen functional groups attached to an aromatic ring is 1. The number of benzene rings is 1. The van der Waals surface area contributed by atoms with Crippen molar-refractivity contribution in [2.75, 3.05) is 18.9 Å². The van der Waals surface area contributed by atoms with E-state index in [4.69, 9.17) is 16.2 Å². The molecule has 112 valence electrons. The molecule has 1 rings (SSSR count). The van der Waals surface area contributed by atoms with Crippen LogP contribution in [0.2, 0.25) is 0 Å². The largest absolute Gasteiger partial charge is 0.466 e. The lowest BCUT2D eigenvalue weighted by molar-refractivity contribution is -0.156. The fourth-order valence-electron chi connectivity index (χ4n) is 2.63. The van der Waals surface area contributed by atoms with Crippen LogP contribution in [0.5, 0.6) is 0 Å². The van der Waals surface area contributed by atoms with Crippen molar-refractivity contribution in [1.29, 1.82) is 0 Å². The third kappa shape index (κ3) is 4.23. The predicted molar refractivity (Wildman–Crippen MR) is 82.1 cm³/mol. The highest BCUT2D eigenvalue weighted by molar-refractivity contribution is 5.77. The summed E-state index contributed by atoms with van der Waals surface area (Å²) < 4.78 is 5.25. The van der Waals surface area contributed by atoms with Crippen LogP contribution in [0.4, 0.5) is 5.69 Å². The Bertz CT molecular complexity index is 446. The fourth-order valence-corrected chi connectivity index (χ4v) is 2.63. The van der Waals surface area contributed by atoms with Crippen molar-refractivity contribution in [3.05, 3.63) is 29.8 Å². The third-order valence-corrected chi connectivity index (χ3v) is 3.39. The minimum atomic E-state index is -0.669. The predicted octanol–water partition coefficient (Wildman–Crippen LogP) is 2.37. The van der Waals surface area contributed by atoms with Gasteiger partial charge in [-0.1, -0.05) is 26.0 Å². The third-order valence-electron chi connectivity index (χ3n) is 3.39. The van der Waals surface area contributed by atoms with Crippen molar-refractivity contribution >= 4 is 11.7 Å². The van der Waals surface area contributed by atoms with Crippen molar-refractivity contribution < 1.29 is 9.53 Å². The summed E-state index contributed by atoms with van der Waals surface area (Å²) in [6, 6.07) is 7.59. The van der Waals surface area contributed by atoms with Gasteiger partial charge in [0.05, 0.1) is 12.0 Å². The fraction of sp³-hybridized carbons (Fsp3) is 0.562. The second kappa shape index (κ2) is 7.29. The van der Waals surface area contributed by atoms with Gasteiger partial charge in [-0.2, -0.15) is 0 Å². The zero-order chi connectivity index (χ0) is 15.2. The van der Waals surface area contributed by atoms with Gasteiger partial charge in [0, 0.05) is 12.2 Å². The van der Waals surface area contributed by atoms with Gasteiger partial charge in [-0.3, -0.25) is 4.79 Å². The molecule has 20 heavy (non-hydrogen) atoms. The van der Waals surface area contributed by atoms with Crippen molar-refractivity contribution in [3.63, 3.8) is 0 Å². The number of carbonyl (C=O) groups excluding carboxylic acids is 1. The zero-order valence-electron chi connectivity index (χ0n) is 12.7. The summed E-state index contributed by atoms with van der Waals surface area (Å²) in [5, 5.41) is 0. The molecule has 0 fully saturated rings. The summed E-state index contributed by atoms with van der Waals surface area (Å²) in [5.74, 6) is 0.155. The summed E-state index contributed by atoms with van der Waals surface area (Å²) in [6.07, 6.45) is 1.27. The first-order chi connectivity index (χ1) is 9.43. The SMILES string of the molecule is CCOC(=O)C(CN)(Cc1cccc(N)c1)CC(C)C. The molecule has 0 bridgehead atoms. The molecule has 1 aromatic rings. The van der Waals surface area contributed by atoms with Gasteiger partial charge in [-0.25, -0.2) is 0 Å². The van der Waals surface area contributed by atoms with Crippen LogP contribution < -0.4 is 11.5 Å². The van der Waals surface area contributed by atoms with Crippen LogP contribution in [0.3, 0.4) is 0 Å². The lowest BCUT2D eigenvalue weighted by Gasteiger charge is -2.32. The molecule has 0 aliphatic heterocycles. The Morgan fingerprint density at radius 3 is 2.60 bits per heavy atom. The lowest BCUT2D eigenvalue weighted by Crippen LogP contribution is -2.43. The van der Waals surface area contributed by atoms with E-state index < -0.39 is 5.41 Å². The van der Waals surface area contributed by atoms with Gasteiger partial charge in [-0.15, -0.1) is 0 Å². The van der Waals surface area contributed by atoms with Gasteiger partial charge in [0.1, 0.15) is 0 Å². The van der Waals surface area contributed by atoms with Crippen LogP contribution in [0.1, 0.15) is 32.8 Å². The standard InChI is InChI=1S/C16H26N2O2/c1-4-20-15(19)16(11-17,9-12(2)3)10-13-6-5-7-14(18)8-13/h5-8,12H,4,9-11,17-18H2,1-3H3. The molecule has 1 aromatic carbocycles. The molecule has 0 aliphatic carbocycles. The highest BCUT2D eigenvalue weighted by atomic mass is 16.5. The van der Waals surface area contributed by atoms with Gasteiger partial charge in [0.25, 0.3) is 0 Å². The van der Waals surface area contributed by atoms with Gasteiger partial charge in [0.15, 0.2) is 0 Å². The average Bonchev–Trinajstić information content (AvgIpc) is 2.37. The smallest absolute Gasteiger partial charge is 0.313 e.